The molecule has 0 aromatic rings. The zero-order valence-corrected chi connectivity index (χ0v) is 10.9. The standard InChI is InChI=1S/C12H24N2O3/c1-11(10-15)13(2)5-3-4-12(16)14-6-8-17-9-7-14/h11,15H,3-10H2,1-2H3. The van der Waals surface area contributed by atoms with Gasteiger partial charge >= 0.3 is 0 Å². The first-order valence-corrected chi connectivity index (χ1v) is 6.31. The predicted octanol–water partition coefficient (Wildman–Crippen LogP) is -0.0620. The number of nitrogens with zero attached hydrogens (tertiary/aromatic N) is 2. The highest BCUT2D eigenvalue weighted by Gasteiger charge is 2.16. The van der Waals surface area contributed by atoms with Crippen LogP contribution in [0.15, 0.2) is 0 Å². The summed E-state index contributed by atoms with van der Waals surface area (Å²) in [4.78, 5) is 15.8. The number of aliphatic hydroxyl groups excluding tert-OH is 1. The maximum atomic E-state index is 11.8. The van der Waals surface area contributed by atoms with Gasteiger partial charge in [-0.1, -0.05) is 0 Å². The quantitative estimate of drug-likeness (QED) is 0.711. The first kappa shape index (κ1) is 14.4. The molecule has 0 aromatic heterocycles. The van der Waals surface area contributed by atoms with Gasteiger partial charge in [0.1, 0.15) is 0 Å². The molecule has 0 bridgehead atoms. The fourth-order valence-electron chi connectivity index (χ4n) is 1.81. The number of carbonyl (C=O) groups excluding carboxylic acids is 1. The average Bonchev–Trinajstić information content (AvgIpc) is 2.38. The number of hydrogen-bond donors (Lipinski definition) is 1. The van der Waals surface area contributed by atoms with Crippen molar-refractivity contribution in [1.82, 2.24) is 9.80 Å². The summed E-state index contributed by atoms with van der Waals surface area (Å²) in [6.07, 6.45) is 1.43. The number of rotatable bonds is 6. The van der Waals surface area contributed by atoms with E-state index in [1.54, 1.807) is 0 Å². The van der Waals surface area contributed by atoms with Crippen molar-refractivity contribution in [2.24, 2.45) is 0 Å². The van der Waals surface area contributed by atoms with Gasteiger partial charge in [0, 0.05) is 25.6 Å². The highest BCUT2D eigenvalue weighted by atomic mass is 16.5. The third-order valence-electron chi connectivity index (χ3n) is 3.28. The Balaban J connectivity index is 2.15. The van der Waals surface area contributed by atoms with Gasteiger partial charge in [-0.15, -0.1) is 0 Å². The molecule has 1 N–H and O–H groups in total. The van der Waals surface area contributed by atoms with E-state index in [1.165, 1.54) is 0 Å². The van der Waals surface area contributed by atoms with Gasteiger partial charge in [0.2, 0.25) is 5.91 Å². The largest absolute Gasteiger partial charge is 0.395 e. The summed E-state index contributed by atoms with van der Waals surface area (Å²) in [5.41, 5.74) is 0. The van der Waals surface area contributed by atoms with Crippen LogP contribution < -0.4 is 0 Å². The van der Waals surface area contributed by atoms with Gasteiger partial charge in [0.05, 0.1) is 19.8 Å². The highest BCUT2D eigenvalue weighted by molar-refractivity contribution is 5.76. The first-order valence-electron chi connectivity index (χ1n) is 6.31. The normalized spacial score (nSPS) is 18.5. The smallest absolute Gasteiger partial charge is 0.222 e. The summed E-state index contributed by atoms with van der Waals surface area (Å²) < 4.78 is 5.21. The first-order chi connectivity index (χ1) is 8.15. The van der Waals surface area contributed by atoms with E-state index in [4.69, 9.17) is 9.84 Å². The lowest BCUT2D eigenvalue weighted by molar-refractivity contribution is -0.135. The molecule has 1 aliphatic rings. The summed E-state index contributed by atoms with van der Waals surface area (Å²) in [6, 6.07) is 0.161. The molecule has 1 fully saturated rings. The van der Waals surface area contributed by atoms with Crippen LogP contribution in [0, 0.1) is 0 Å². The van der Waals surface area contributed by atoms with Crippen LogP contribution in [-0.4, -0.2) is 73.4 Å². The zero-order chi connectivity index (χ0) is 12.7. The Bertz CT molecular complexity index is 230. The number of amides is 1. The Morgan fingerprint density at radius 3 is 2.71 bits per heavy atom. The fraction of sp³-hybridized carbons (Fsp3) is 0.917. The average molecular weight is 244 g/mol. The minimum Gasteiger partial charge on any atom is -0.395 e. The number of hydrogen-bond acceptors (Lipinski definition) is 4. The van der Waals surface area contributed by atoms with Gasteiger partial charge in [-0.3, -0.25) is 4.79 Å². The summed E-state index contributed by atoms with van der Waals surface area (Å²) in [6.45, 7) is 5.75. The third-order valence-corrected chi connectivity index (χ3v) is 3.28. The third kappa shape index (κ3) is 5.02. The molecular weight excluding hydrogens is 220 g/mol. The Hall–Kier alpha value is -0.650. The van der Waals surface area contributed by atoms with E-state index in [9.17, 15) is 4.79 Å². The molecule has 5 nitrogen and oxygen atoms in total. The Morgan fingerprint density at radius 2 is 2.12 bits per heavy atom. The molecule has 0 radical (unpaired) electrons. The van der Waals surface area contributed by atoms with E-state index in [0.717, 1.165) is 26.1 Å². The molecule has 100 valence electrons. The summed E-state index contributed by atoms with van der Waals surface area (Å²) in [5, 5.41) is 8.99. The van der Waals surface area contributed by atoms with E-state index < -0.39 is 0 Å². The van der Waals surface area contributed by atoms with Crippen molar-refractivity contribution in [2.75, 3.05) is 46.5 Å². The van der Waals surface area contributed by atoms with Gasteiger partial charge in [0.15, 0.2) is 0 Å². The van der Waals surface area contributed by atoms with Crippen molar-refractivity contribution in [3.63, 3.8) is 0 Å². The molecule has 0 saturated carbocycles. The Kier molecular flexibility index (Phi) is 6.47. The van der Waals surface area contributed by atoms with E-state index in [1.807, 2.05) is 18.9 Å². The maximum Gasteiger partial charge on any atom is 0.222 e. The molecule has 1 unspecified atom stereocenters. The van der Waals surface area contributed by atoms with Crippen molar-refractivity contribution >= 4 is 5.91 Å². The Morgan fingerprint density at radius 1 is 1.47 bits per heavy atom. The van der Waals surface area contributed by atoms with Gasteiger partial charge in [0.25, 0.3) is 0 Å². The number of aliphatic hydroxyl groups is 1. The molecule has 1 rings (SSSR count). The fourth-order valence-corrected chi connectivity index (χ4v) is 1.81. The van der Waals surface area contributed by atoms with Gasteiger partial charge in [-0.2, -0.15) is 0 Å². The zero-order valence-electron chi connectivity index (χ0n) is 10.9. The molecule has 1 saturated heterocycles. The Labute approximate surface area is 103 Å². The van der Waals surface area contributed by atoms with Gasteiger partial charge < -0.3 is 19.6 Å². The van der Waals surface area contributed by atoms with Crippen molar-refractivity contribution in [3.05, 3.63) is 0 Å². The van der Waals surface area contributed by atoms with E-state index >= 15 is 0 Å². The van der Waals surface area contributed by atoms with E-state index in [0.29, 0.717) is 19.6 Å². The number of morpholine rings is 1. The van der Waals surface area contributed by atoms with Crippen LogP contribution in [0.25, 0.3) is 0 Å². The second kappa shape index (κ2) is 7.63. The number of ether oxygens (including phenoxy) is 1. The summed E-state index contributed by atoms with van der Waals surface area (Å²) in [7, 11) is 1.97. The second-order valence-electron chi connectivity index (χ2n) is 4.61. The molecule has 17 heavy (non-hydrogen) atoms. The van der Waals surface area contributed by atoms with E-state index in [2.05, 4.69) is 4.90 Å². The number of carbonyl (C=O) groups is 1. The highest BCUT2D eigenvalue weighted by Crippen LogP contribution is 2.04. The van der Waals surface area contributed by atoms with Crippen molar-refractivity contribution in [2.45, 2.75) is 25.8 Å². The summed E-state index contributed by atoms with van der Waals surface area (Å²) >= 11 is 0. The van der Waals surface area contributed by atoms with Gasteiger partial charge in [-0.05, 0) is 26.9 Å². The molecule has 1 atom stereocenters. The minimum atomic E-state index is 0.161. The van der Waals surface area contributed by atoms with Gasteiger partial charge in [-0.25, -0.2) is 0 Å². The molecule has 1 aliphatic heterocycles. The lowest BCUT2D eigenvalue weighted by atomic mass is 10.2. The number of likely N-dealkylation sites (N-methyl/N-ethyl adjacent to an activating group) is 1. The molecule has 1 heterocycles. The minimum absolute atomic E-state index is 0.161. The van der Waals surface area contributed by atoms with Crippen LogP contribution in [0.3, 0.4) is 0 Å². The molecule has 5 heteroatoms. The van der Waals surface area contributed by atoms with Crippen LogP contribution in [-0.2, 0) is 9.53 Å². The van der Waals surface area contributed by atoms with Crippen LogP contribution >= 0.6 is 0 Å². The van der Waals surface area contributed by atoms with Crippen molar-refractivity contribution in [1.29, 1.82) is 0 Å². The van der Waals surface area contributed by atoms with Crippen LogP contribution in [0.5, 0.6) is 0 Å². The van der Waals surface area contributed by atoms with Crippen molar-refractivity contribution in [3.8, 4) is 0 Å². The molecule has 0 spiro atoms. The maximum absolute atomic E-state index is 11.8. The molecular formula is C12H24N2O3. The topological polar surface area (TPSA) is 53.0 Å². The molecule has 0 aliphatic carbocycles. The molecule has 0 aromatic carbocycles. The monoisotopic (exact) mass is 244 g/mol. The van der Waals surface area contributed by atoms with Crippen LogP contribution in [0.1, 0.15) is 19.8 Å². The van der Waals surface area contributed by atoms with Crippen molar-refractivity contribution < 1.29 is 14.6 Å². The lowest BCUT2D eigenvalue weighted by Gasteiger charge is -2.27. The SMILES string of the molecule is CC(CO)N(C)CCCC(=O)N1CCOCC1. The second-order valence-corrected chi connectivity index (χ2v) is 4.61. The van der Waals surface area contributed by atoms with Crippen LogP contribution in [0.4, 0.5) is 0 Å². The van der Waals surface area contributed by atoms with E-state index in [-0.39, 0.29) is 18.6 Å². The van der Waals surface area contributed by atoms with Crippen LogP contribution in [0.2, 0.25) is 0 Å². The molecule has 1 amide bonds. The lowest BCUT2D eigenvalue weighted by Crippen LogP contribution is -2.41. The summed E-state index contributed by atoms with van der Waals surface area (Å²) in [5.74, 6) is 0.221. The predicted molar refractivity (Wildman–Crippen MR) is 65.8 cm³/mol.